The molecule has 0 spiro atoms. The minimum absolute atomic E-state index is 0.183. The maximum atomic E-state index is 11.4. The molecule has 0 aromatic heterocycles. The van der Waals surface area contributed by atoms with Crippen LogP contribution in [0, 0.1) is 0 Å². The van der Waals surface area contributed by atoms with Gasteiger partial charge in [-0.05, 0) is 22.2 Å². The van der Waals surface area contributed by atoms with Gasteiger partial charge in [0.15, 0.2) is 0 Å². The molecule has 0 saturated carbocycles. The number of aliphatic carboxylic acids is 1. The summed E-state index contributed by atoms with van der Waals surface area (Å²) in [6, 6.07) is 18.7. The Morgan fingerprint density at radius 2 is 1.48 bits per heavy atom. The average Bonchev–Trinajstić information content (AvgIpc) is 2.53. The van der Waals surface area contributed by atoms with Gasteiger partial charge >= 0.3 is 5.97 Å². The first-order chi connectivity index (χ1) is 10.2. The lowest BCUT2D eigenvalue weighted by molar-refractivity contribution is -0.138. The molecule has 0 aliphatic rings. The van der Waals surface area contributed by atoms with Crippen LogP contribution in [-0.2, 0) is 4.79 Å². The second kappa shape index (κ2) is 7.76. The van der Waals surface area contributed by atoms with Crippen molar-refractivity contribution in [2.24, 2.45) is 0 Å². The molecular weight excluding hydrogens is 330 g/mol. The molecule has 0 heterocycles. The van der Waals surface area contributed by atoms with Gasteiger partial charge in [-0.15, -0.1) is 0 Å². The monoisotopic (exact) mass is 345 g/mol. The Labute approximate surface area is 132 Å². The second-order valence-corrected chi connectivity index (χ2v) is 5.08. The van der Waals surface area contributed by atoms with E-state index in [0.717, 1.165) is 11.1 Å². The fraction of sp³-hybridized carbons (Fsp3) is 0.118. The highest BCUT2D eigenvalue weighted by atomic mass is 79.9. The van der Waals surface area contributed by atoms with Crippen molar-refractivity contribution in [1.82, 2.24) is 5.32 Å². The molecule has 2 aromatic rings. The molecule has 4 heteroatoms. The lowest BCUT2D eigenvalue weighted by atomic mass is 9.98. The van der Waals surface area contributed by atoms with Gasteiger partial charge in [0.05, 0.1) is 6.04 Å². The first-order valence-corrected chi connectivity index (χ1v) is 7.49. The van der Waals surface area contributed by atoms with Gasteiger partial charge in [-0.1, -0.05) is 76.6 Å². The summed E-state index contributed by atoms with van der Waals surface area (Å²) in [5.41, 5.74) is 2.05. The Hall–Kier alpha value is -1.91. The van der Waals surface area contributed by atoms with Crippen LogP contribution in [0.5, 0.6) is 0 Å². The van der Waals surface area contributed by atoms with Crippen molar-refractivity contribution >= 4 is 21.9 Å². The van der Waals surface area contributed by atoms with Crippen molar-refractivity contribution in [2.45, 2.75) is 12.1 Å². The smallest absolute Gasteiger partial charge is 0.324 e. The molecule has 0 aliphatic carbocycles. The number of halogens is 1. The molecule has 0 radical (unpaired) electrons. The minimum atomic E-state index is -0.914. The molecule has 0 amide bonds. The van der Waals surface area contributed by atoms with Gasteiger partial charge < -0.3 is 5.11 Å². The number of hydrogen-bond donors (Lipinski definition) is 2. The molecule has 1 unspecified atom stereocenters. The molecule has 2 N–H and O–H groups in total. The topological polar surface area (TPSA) is 49.3 Å². The van der Waals surface area contributed by atoms with Crippen molar-refractivity contribution in [1.29, 1.82) is 0 Å². The van der Waals surface area contributed by atoms with Gasteiger partial charge in [0, 0.05) is 0 Å². The first kappa shape index (κ1) is 15.5. The summed E-state index contributed by atoms with van der Waals surface area (Å²) in [4.78, 5) is 12.9. The summed E-state index contributed by atoms with van der Waals surface area (Å²) >= 11 is 3.14. The zero-order valence-electron chi connectivity index (χ0n) is 11.3. The highest BCUT2D eigenvalue weighted by Crippen LogP contribution is 2.22. The van der Waals surface area contributed by atoms with Crippen LogP contribution >= 0.6 is 15.9 Å². The lowest BCUT2D eigenvalue weighted by Gasteiger charge is -2.22. The Kier molecular flexibility index (Phi) is 5.72. The van der Waals surface area contributed by atoms with E-state index in [1.807, 2.05) is 60.7 Å². The van der Waals surface area contributed by atoms with E-state index in [1.54, 1.807) is 11.1 Å². The molecule has 21 heavy (non-hydrogen) atoms. The van der Waals surface area contributed by atoms with Crippen LogP contribution < -0.4 is 5.32 Å². The van der Waals surface area contributed by atoms with E-state index in [1.165, 1.54) is 0 Å². The van der Waals surface area contributed by atoms with Gasteiger partial charge in [-0.3, -0.25) is 10.1 Å². The van der Waals surface area contributed by atoms with E-state index in [9.17, 15) is 9.90 Å². The molecule has 0 aliphatic heterocycles. The highest BCUT2D eigenvalue weighted by molar-refractivity contribution is 9.11. The number of rotatable bonds is 6. The molecule has 2 aromatic carbocycles. The lowest BCUT2D eigenvalue weighted by Crippen LogP contribution is -2.38. The van der Waals surface area contributed by atoms with Crippen LogP contribution in [0.3, 0.4) is 0 Å². The third-order valence-electron chi connectivity index (χ3n) is 3.14. The summed E-state index contributed by atoms with van der Waals surface area (Å²) < 4.78 is 0. The van der Waals surface area contributed by atoms with Gasteiger partial charge in [0.2, 0.25) is 0 Å². The number of carboxylic acids is 1. The van der Waals surface area contributed by atoms with Crippen molar-refractivity contribution in [3.63, 3.8) is 0 Å². The predicted molar refractivity (Wildman–Crippen MR) is 87.4 cm³/mol. The van der Waals surface area contributed by atoms with Gasteiger partial charge in [-0.2, -0.15) is 0 Å². The molecule has 3 nitrogen and oxygen atoms in total. The second-order valence-electron chi connectivity index (χ2n) is 4.56. The standard InChI is InChI=1S/C17H16BrNO2/c18-12-11-15(17(20)21)19-16(13-7-3-1-4-8-13)14-9-5-2-6-10-14/h1-12,15-16,19H,(H,20,21)/b12-11+. The summed E-state index contributed by atoms with van der Waals surface area (Å²) in [6.07, 6.45) is 1.57. The molecule has 0 fully saturated rings. The summed E-state index contributed by atoms with van der Waals surface area (Å²) in [7, 11) is 0. The highest BCUT2D eigenvalue weighted by Gasteiger charge is 2.21. The number of carbonyl (C=O) groups is 1. The third-order valence-corrected chi connectivity index (χ3v) is 3.45. The SMILES string of the molecule is O=C(O)C(/C=C/Br)NC(c1ccccc1)c1ccccc1. The van der Waals surface area contributed by atoms with Crippen molar-refractivity contribution in [3.05, 3.63) is 82.9 Å². The third kappa shape index (κ3) is 4.28. The molecule has 0 bridgehead atoms. The normalized spacial score (nSPS) is 12.7. The number of nitrogens with one attached hydrogen (secondary N) is 1. The zero-order valence-corrected chi connectivity index (χ0v) is 12.9. The van der Waals surface area contributed by atoms with E-state index in [2.05, 4.69) is 21.2 Å². The van der Waals surface area contributed by atoms with Crippen LogP contribution in [0.2, 0.25) is 0 Å². The molecular formula is C17H16BrNO2. The van der Waals surface area contributed by atoms with Crippen LogP contribution in [0.25, 0.3) is 0 Å². The van der Waals surface area contributed by atoms with Crippen molar-refractivity contribution < 1.29 is 9.90 Å². The quantitative estimate of drug-likeness (QED) is 0.838. The van der Waals surface area contributed by atoms with Gasteiger partial charge in [0.25, 0.3) is 0 Å². The van der Waals surface area contributed by atoms with E-state index in [4.69, 9.17) is 0 Å². The van der Waals surface area contributed by atoms with Crippen molar-refractivity contribution in [2.75, 3.05) is 0 Å². The van der Waals surface area contributed by atoms with Crippen LogP contribution in [0.15, 0.2) is 71.7 Å². The van der Waals surface area contributed by atoms with Gasteiger partial charge in [-0.25, -0.2) is 0 Å². The Balaban J connectivity index is 2.35. The average molecular weight is 346 g/mol. The fourth-order valence-electron chi connectivity index (χ4n) is 2.14. The van der Waals surface area contributed by atoms with E-state index in [-0.39, 0.29) is 6.04 Å². The zero-order chi connectivity index (χ0) is 15.1. The minimum Gasteiger partial charge on any atom is -0.480 e. The molecule has 0 saturated heterocycles. The Bertz CT molecular complexity index is 559. The van der Waals surface area contributed by atoms with Crippen LogP contribution in [0.1, 0.15) is 17.2 Å². The van der Waals surface area contributed by atoms with E-state index < -0.39 is 12.0 Å². The molecule has 1 atom stereocenters. The maximum absolute atomic E-state index is 11.4. The Morgan fingerprint density at radius 3 is 1.86 bits per heavy atom. The Morgan fingerprint density at radius 1 is 1.00 bits per heavy atom. The summed E-state index contributed by atoms with van der Waals surface area (Å²) in [5, 5.41) is 12.5. The molecule has 108 valence electrons. The predicted octanol–water partition coefficient (Wildman–Crippen LogP) is 3.73. The summed E-state index contributed by atoms with van der Waals surface area (Å²) in [6.45, 7) is 0. The van der Waals surface area contributed by atoms with Crippen LogP contribution in [-0.4, -0.2) is 17.1 Å². The van der Waals surface area contributed by atoms with E-state index in [0.29, 0.717) is 0 Å². The first-order valence-electron chi connectivity index (χ1n) is 6.58. The largest absolute Gasteiger partial charge is 0.480 e. The number of carboxylic acid groups (broad SMARTS) is 1. The fourth-order valence-corrected chi connectivity index (χ4v) is 2.44. The molecule has 2 rings (SSSR count). The maximum Gasteiger partial charge on any atom is 0.324 e. The van der Waals surface area contributed by atoms with Gasteiger partial charge in [0.1, 0.15) is 6.04 Å². The summed E-state index contributed by atoms with van der Waals surface area (Å²) in [5.74, 6) is -0.914. The van der Waals surface area contributed by atoms with Crippen molar-refractivity contribution in [3.8, 4) is 0 Å². The number of benzene rings is 2. The van der Waals surface area contributed by atoms with E-state index >= 15 is 0 Å². The van der Waals surface area contributed by atoms with Crippen LogP contribution in [0.4, 0.5) is 0 Å². The number of hydrogen-bond acceptors (Lipinski definition) is 2.